The zero-order chi connectivity index (χ0) is 14.5. The van der Waals surface area contributed by atoms with Crippen LogP contribution >= 0.6 is 11.8 Å². The average Bonchev–Trinajstić information content (AvgIpc) is 2.46. The molecule has 1 amide bonds. The largest absolute Gasteiger partial charge is 0.496 e. The number of benzene rings is 2. The van der Waals surface area contributed by atoms with Crippen molar-refractivity contribution in [3.8, 4) is 5.75 Å². The first-order valence-electron chi connectivity index (χ1n) is 6.24. The molecule has 1 N–H and O–H groups in total. The van der Waals surface area contributed by atoms with Gasteiger partial charge in [-0.05, 0) is 49.1 Å². The molecule has 0 saturated carbocycles. The van der Waals surface area contributed by atoms with Crippen molar-refractivity contribution in [3.63, 3.8) is 0 Å². The van der Waals surface area contributed by atoms with Gasteiger partial charge in [0.1, 0.15) is 5.75 Å². The van der Waals surface area contributed by atoms with Crippen LogP contribution in [0.1, 0.15) is 15.9 Å². The summed E-state index contributed by atoms with van der Waals surface area (Å²) in [4.78, 5) is 13.4. The Kier molecular flexibility index (Phi) is 4.69. The molecule has 0 saturated heterocycles. The first-order chi connectivity index (χ1) is 9.63. The van der Waals surface area contributed by atoms with Gasteiger partial charge in [0.2, 0.25) is 0 Å². The molecule has 0 atom stereocenters. The van der Waals surface area contributed by atoms with Gasteiger partial charge in [-0.15, -0.1) is 11.8 Å². The van der Waals surface area contributed by atoms with Gasteiger partial charge >= 0.3 is 0 Å². The smallest absolute Gasteiger partial charge is 0.259 e. The molecular weight excluding hydrogens is 270 g/mol. The Morgan fingerprint density at radius 3 is 2.65 bits per heavy atom. The van der Waals surface area contributed by atoms with Gasteiger partial charge in [0.25, 0.3) is 5.91 Å². The highest BCUT2D eigenvalue weighted by Crippen LogP contribution is 2.26. The van der Waals surface area contributed by atoms with Crippen LogP contribution in [0, 0.1) is 6.92 Å². The highest BCUT2D eigenvalue weighted by molar-refractivity contribution is 7.98. The van der Waals surface area contributed by atoms with Crippen molar-refractivity contribution in [2.45, 2.75) is 11.8 Å². The maximum atomic E-state index is 12.3. The van der Waals surface area contributed by atoms with E-state index in [2.05, 4.69) is 5.32 Å². The van der Waals surface area contributed by atoms with E-state index in [1.807, 2.05) is 49.6 Å². The predicted molar refractivity (Wildman–Crippen MR) is 83.9 cm³/mol. The normalized spacial score (nSPS) is 10.2. The Labute approximate surface area is 123 Å². The first kappa shape index (κ1) is 14.5. The topological polar surface area (TPSA) is 38.3 Å². The molecule has 0 spiro atoms. The van der Waals surface area contributed by atoms with Gasteiger partial charge in [-0.2, -0.15) is 0 Å². The van der Waals surface area contributed by atoms with Gasteiger partial charge in [-0.25, -0.2) is 0 Å². The van der Waals surface area contributed by atoms with Gasteiger partial charge in [-0.1, -0.05) is 12.1 Å². The summed E-state index contributed by atoms with van der Waals surface area (Å²) in [7, 11) is 1.57. The van der Waals surface area contributed by atoms with Gasteiger partial charge < -0.3 is 10.1 Å². The molecule has 0 aromatic heterocycles. The van der Waals surface area contributed by atoms with Crippen LogP contribution in [0.2, 0.25) is 0 Å². The number of hydrogen-bond donors (Lipinski definition) is 1. The molecule has 2 aromatic rings. The van der Waals surface area contributed by atoms with E-state index in [0.29, 0.717) is 11.3 Å². The van der Waals surface area contributed by atoms with Crippen molar-refractivity contribution < 1.29 is 9.53 Å². The summed E-state index contributed by atoms with van der Waals surface area (Å²) in [5.74, 6) is 0.419. The number of anilines is 1. The lowest BCUT2D eigenvalue weighted by atomic mass is 10.1. The maximum Gasteiger partial charge on any atom is 0.259 e. The zero-order valence-corrected chi connectivity index (χ0v) is 12.6. The van der Waals surface area contributed by atoms with E-state index in [9.17, 15) is 4.79 Å². The molecule has 0 bridgehead atoms. The summed E-state index contributed by atoms with van der Waals surface area (Å²) in [6.07, 6.45) is 1.99. The zero-order valence-electron chi connectivity index (χ0n) is 11.8. The van der Waals surface area contributed by atoms with Crippen molar-refractivity contribution in [1.29, 1.82) is 0 Å². The second kappa shape index (κ2) is 6.48. The summed E-state index contributed by atoms with van der Waals surface area (Å²) >= 11 is 1.61. The number of methoxy groups -OCH3 is 1. The fourth-order valence-corrected chi connectivity index (χ4v) is 2.34. The lowest BCUT2D eigenvalue weighted by molar-refractivity contribution is 0.102. The van der Waals surface area contributed by atoms with Gasteiger partial charge in [0.15, 0.2) is 0 Å². The molecule has 0 unspecified atom stereocenters. The number of nitrogens with one attached hydrogen (secondary N) is 1. The average molecular weight is 287 g/mol. The van der Waals surface area contributed by atoms with Crippen LogP contribution in [0.5, 0.6) is 5.75 Å². The van der Waals surface area contributed by atoms with E-state index in [1.54, 1.807) is 24.9 Å². The van der Waals surface area contributed by atoms with Gasteiger partial charge in [-0.3, -0.25) is 4.79 Å². The molecule has 2 aromatic carbocycles. The number of hydrogen-bond acceptors (Lipinski definition) is 3. The van der Waals surface area contributed by atoms with Crippen molar-refractivity contribution in [2.24, 2.45) is 0 Å². The number of carbonyl (C=O) groups is 1. The quantitative estimate of drug-likeness (QED) is 0.864. The van der Waals surface area contributed by atoms with Gasteiger partial charge in [0.05, 0.1) is 12.7 Å². The van der Waals surface area contributed by atoms with Crippen LogP contribution in [-0.4, -0.2) is 19.3 Å². The number of carbonyl (C=O) groups excluding carboxylic acids is 1. The molecule has 2 rings (SSSR count). The predicted octanol–water partition coefficient (Wildman–Crippen LogP) is 3.98. The fraction of sp³-hybridized carbons (Fsp3) is 0.188. The fourth-order valence-electron chi connectivity index (χ4n) is 1.91. The maximum absolute atomic E-state index is 12.3. The van der Waals surface area contributed by atoms with E-state index in [-0.39, 0.29) is 5.91 Å². The van der Waals surface area contributed by atoms with Crippen LogP contribution in [0.25, 0.3) is 0 Å². The summed E-state index contributed by atoms with van der Waals surface area (Å²) in [5, 5.41) is 2.89. The number of aryl methyl sites for hydroxylation is 1. The SMILES string of the molecule is COc1cc(SC)ccc1C(=O)Nc1cccc(C)c1. The Morgan fingerprint density at radius 2 is 2.00 bits per heavy atom. The molecule has 0 aliphatic rings. The minimum Gasteiger partial charge on any atom is -0.496 e. The van der Waals surface area contributed by atoms with E-state index < -0.39 is 0 Å². The molecule has 3 nitrogen and oxygen atoms in total. The summed E-state index contributed by atoms with van der Waals surface area (Å²) in [6.45, 7) is 1.99. The number of rotatable bonds is 4. The van der Waals surface area contributed by atoms with Gasteiger partial charge in [0, 0.05) is 10.6 Å². The Morgan fingerprint density at radius 1 is 1.20 bits per heavy atom. The molecule has 0 fully saturated rings. The van der Waals surface area contributed by atoms with Crippen molar-refractivity contribution in [1.82, 2.24) is 0 Å². The molecule has 0 aliphatic heterocycles. The van der Waals surface area contributed by atoms with Crippen LogP contribution < -0.4 is 10.1 Å². The minimum atomic E-state index is -0.167. The van der Waals surface area contributed by atoms with Crippen molar-refractivity contribution >= 4 is 23.4 Å². The number of thioether (sulfide) groups is 1. The lowest BCUT2D eigenvalue weighted by Gasteiger charge is -2.11. The number of ether oxygens (including phenoxy) is 1. The Hall–Kier alpha value is -1.94. The standard InChI is InChI=1S/C16H17NO2S/c1-11-5-4-6-12(9-11)17-16(18)14-8-7-13(20-3)10-15(14)19-2/h4-10H,1-3H3,(H,17,18). The van der Waals surface area contributed by atoms with Crippen LogP contribution in [0.15, 0.2) is 47.4 Å². The summed E-state index contributed by atoms with van der Waals surface area (Å²) in [6, 6.07) is 13.3. The third-order valence-electron chi connectivity index (χ3n) is 2.93. The monoisotopic (exact) mass is 287 g/mol. The van der Waals surface area contributed by atoms with E-state index in [1.165, 1.54) is 0 Å². The van der Waals surface area contributed by atoms with Crippen LogP contribution in [0.3, 0.4) is 0 Å². The second-order valence-corrected chi connectivity index (χ2v) is 5.27. The van der Waals surface area contributed by atoms with Crippen LogP contribution in [0.4, 0.5) is 5.69 Å². The summed E-state index contributed by atoms with van der Waals surface area (Å²) < 4.78 is 5.30. The van der Waals surface area contributed by atoms with E-state index in [4.69, 9.17) is 4.74 Å². The van der Waals surface area contributed by atoms with Crippen molar-refractivity contribution in [3.05, 3.63) is 53.6 Å². The first-order valence-corrected chi connectivity index (χ1v) is 7.46. The molecule has 0 aliphatic carbocycles. The lowest BCUT2D eigenvalue weighted by Crippen LogP contribution is -2.13. The minimum absolute atomic E-state index is 0.167. The summed E-state index contributed by atoms with van der Waals surface area (Å²) in [5.41, 5.74) is 2.42. The molecular formula is C16H17NO2S. The third kappa shape index (κ3) is 3.33. The molecule has 4 heteroatoms. The molecule has 20 heavy (non-hydrogen) atoms. The molecule has 0 radical (unpaired) electrons. The third-order valence-corrected chi connectivity index (χ3v) is 3.65. The van der Waals surface area contributed by atoms with E-state index >= 15 is 0 Å². The van der Waals surface area contributed by atoms with Crippen molar-refractivity contribution in [2.75, 3.05) is 18.7 Å². The highest BCUT2D eigenvalue weighted by atomic mass is 32.2. The van der Waals surface area contributed by atoms with E-state index in [0.717, 1.165) is 16.1 Å². The highest BCUT2D eigenvalue weighted by Gasteiger charge is 2.13. The Bertz CT molecular complexity index is 626. The second-order valence-electron chi connectivity index (χ2n) is 4.39. The van der Waals surface area contributed by atoms with Crippen LogP contribution in [-0.2, 0) is 0 Å². The Balaban J connectivity index is 2.25. The molecule has 104 valence electrons. The molecule has 0 heterocycles. The number of amides is 1.